The lowest BCUT2D eigenvalue weighted by molar-refractivity contribution is 0.521. The second-order valence-electron chi connectivity index (χ2n) is 5.00. The van der Waals surface area contributed by atoms with Crippen LogP contribution < -0.4 is 16.2 Å². The van der Waals surface area contributed by atoms with E-state index in [4.69, 9.17) is 10.9 Å². The highest BCUT2D eigenvalue weighted by molar-refractivity contribution is 7.89. The molecule has 0 spiro atoms. The van der Waals surface area contributed by atoms with Gasteiger partial charge in [0, 0.05) is 12.2 Å². The van der Waals surface area contributed by atoms with Crippen LogP contribution in [0.5, 0.6) is 0 Å². The van der Waals surface area contributed by atoms with Crippen molar-refractivity contribution in [3.8, 4) is 0 Å². The van der Waals surface area contributed by atoms with E-state index < -0.39 is 10.0 Å². The molecule has 18 heavy (non-hydrogen) atoms. The fraction of sp³-hybridized carbons (Fsp3) is 0.500. The van der Waals surface area contributed by atoms with Crippen LogP contribution in [0.2, 0.25) is 0 Å². The second kappa shape index (κ2) is 4.44. The molecule has 0 heterocycles. The van der Waals surface area contributed by atoms with Gasteiger partial charge in [0.1, 0.15) is 4.90 Å². The Morgan fingerprint density at radius 2 is 2.06 bits per heavy atom. The van der Waals surface area contributed by atoms with E-state index in [1.165, 1.54) is 18.9 Å². The number of anilines is 2. The van der Waals surface area contributed by atoms with Crippen LogP contribution >= 0.6 is 0 Å². The van der Waals surface area contributed by atoms with Gasteiger partial charge in [-0.05, 0) is 42.9 Å². The molecule has 0 radical (unpaired) electrons. The summed E-state index contributed by atoms with van der Waals surface area (Å²) >= 11 is 0. The number of sulfonamides is 1. The Morgan fingerprint density at radius 3 is 2.50 bits per heavy atom. The maximum atomic E-state index is 11.2. The average Bonchev–Trinajstić information content (AvgIpc) is 3.05. The van der Waals surface area contributed by atoms with Crippen LogP contribution in [0.15, 0.2) is 23.1 Å². The number of nitrogen functional groups attached to an aromatic ring is 1. The molecule has 0 unspecified atom stereocenters. The standard InChI is InChI=1S/C12H19N3O2S/c1-2-12(5-6-12)8-15-9-3-4-11(10(13)7-9)18(14,16)17/h3-4,7,15H,2,5-6,8,13H2,1H3,(H2,14,16,17). The third kappa shape index (κ3) is 2.76. The third-order valence-corrected chi connectivity index (χ3v) is 4.68. The molecule has 1 aliphatic carbocycles. The Hall–Kier alpha value is -1.27. The van der Waals surface area contributed by atoms with Gasteiger partial charge in [-0.3, -0.25) is 0 Å². The minimum absolute atomic E-state index is 0.0234. The van der Waals surface area contributed by atoms with Gasteiger partial charge >= 0.3 is 0 Å². The number of hydrogen-bond donors (Lipinski definition) is 3. The lowest BCUT2D eigenvalue weighted by atomic mass is 10.0. The number of hydrogen-bond acceptors (Lipinski definition) is 4. The van der Waals surface area contributed by atoms with Gasteiger partial charge in [0.25, 0.3) is 0 Å². The van der Waals surface area contributed by atoms with E-state index in [-0.39, 0.29) is 10.6 Å². The zero-order valence-electron chi connectivity index (χ0n) is 10.4. The molecular weight excluding hydrogens is 250 g/mol. The smallest absolute Gasteiger partial charge is 0.240 e. The molecule has 2 rings (SSSR count). The molecule has 0 amide bonds. The van der Waals surface area contributed by atoms with Gasteiger partial charge in [-0.15, -0.1) is 0 Å². The normalized spacial score (nSPS) is 17.4. The number of nitrogens with one attached hydrogen (secondary N) is 1. The summed E-state index contributed by atoms with van der Waals surface area (Å²) in [4.78, 5) is -0.0234. The van der Waals surface area contributed by atoms with Crippen LogP contribution in [0.25, 0.3) is 0 Å². The summed E-state index contributed by atoms with van der Waals surface area (Å²) in [6.07, 6.45) is 3.66. The summed E-state index contributed by atoms with van der Waals surface area (Å²) in [6, 6.07) is 4.76. The van der Waals surface area contributed by atoms with Crippen molar-refractivity contribution in [1.29, 1.82) is 0 Å². The molecule has 6 heteroatoms. The Bertz CT molecular complexity index is 550. The summed E-state index contributed by atoms with van der Waals surface area (Å²) in [5, 5.41) is 8.36. The molecule has 1 fully saturated rings. The largest absolute Gasteiger partial charge is 0.398 e. The second-order valence-corrected chi connectivity index (χ2v) is 6.53. The zero-order valence-corrected chi connectivity index (χ0v) is 11.3. The van der Waals surface area contributed by atoms with Crippen molar-refractivity contribution in [3.05, 3.63) is 18.2 Å². The Kier molecular flexibility index (Phi) is 3.25. The maximum Gasteiger partial charge on any atom is 0.240 e. The summed E-state index contributed by atoms with van der Waals surface area (Å²) in [7, 11) is -3.74. The molecule has 0 aromatic heterocycles. The predicted octanol–water partition coefficient (Wildman–Crippen LogP) is 1.52. The highest BCUT2D eigenvalue weighted by atomic mass is 32.2. The van der Waals surface area contributed by atoms with E-state index in [1.54, 1.807) is 12.1 Å². The molecule has 1 aromatic rings. The monoisotopic (exact) mass is 269 g/mol. The fourth-order valence-corrected chi connectivity index (χ4v) is 2.68. The Balaban J connectivity index is 2.10. The Morgan fingerprint density at radius 1 is 1.39 bits per heavy atom. The van der Waals surface area contributed by atoms with Crippen LogP contribution in [0.4, 0.5) is 11.4 Å². The molecule has 1 saturated carbocycles. The molecule has 1 aliphatic rings. The molecule has 5 nitrogen and oxygen atoms in total. The Labute approximate surface area is 108 Å². The maximum absolute atomic E-state index is 11.2. The molecular formula is C12H19N3O2S. The van der Waals surface area contributed by atoms with Gasteiger partial charge < -0.3 is 11.1 Å². The first-order valence-corrected chi connectivity index (χ1v) is 7.57. The van der Waals surface area contributed by atoms with E-state index in [1.807, 2.05) is 0 Å². The van der Waals surface area contributed by atoms with E-state index in [0.29, 0.717) is 5.41 Å². The van der Waals surface area contributed by atoms with Crippen molar-refractivity contribution >= 4 is 21.4 Å². The van der Waals surface area contributed by atoms with Crippen LogP contribution in [0.1, 0.15) is 26.2 Å². The van der Waals surface area contributed by atoms with Crippen molar-refractivity contribution in [2.24, 2.45) is 10.6 Å². The number of nitrogens with two attached hydrogens (primary N) is 2. The van der Waals surface area contributed by atoms with Crippen LogP contribution in [0.3, 0.4) is 0 Å². The first-order valence-electron chi connectivity index (χ1n) is 6.02. The van der Waals surface area contributed by atoms with Gasteiger partial charge in [-0.1, -0.05) is 6.92 Å². The van der Waals surface area contributed by atoms with E-state index in [0.717, 1.165) is 18.7 Å². The molecule has 0 bridgehead atoms. The summed E-state index contributed by atoms with van der Waals surface area (Å²) in [5.74, 6) is 0. The lowest BCUT2D eigenvalue weighted by Crippen LogP contribution is -2.16. The van der Waals surface area contributed by atoms with Gasteiger partial charge in [-0.2, -0.15) is 0 Å². The highest BCUT2D eigenvalue weighted by Crippen LogP contribution is 2.48. The first kappa shape index (κ1) is 13.2. The third-order valence-electron chi connectivity index (χ3n) is 3.69. The lowest BCUT2D eigenvalue weighted by Gasteiger charge is -2.15. The van der Waals surface area contributed by atoms with E-state index in [2.05, 4.69) is 12.2 Å². The zero-order chi connectivity index (χ0) is 13.4. The van der Waals surface area contributed by atoms with Crippen molar-refractivity contribution in [2.75, 3.05) is 17.6 Å². The average molecular weight is 269 g/mol. The van der Waals surface area contributed by atoms with Gasteiger partial charge in [0.15, 0.2) is 0 Å². The van der Waals surface area contributed by atoms with Gasteiger partial charge in [-0.25, -0.2) is 13.6 Å². The predicted molar refractivity (Wildman–Crippen MR) is 72.7 cm³/mol. The SMILES string of the molecule is CCC1(CNc2ccc(S(N)(=O)=O)c(N)c2)CC1. The number of benzene rings is 1. The molecule has 100 valence electrons. The van der Waals surface area contributed by atoms with E-state index >= 15 is 0 Å². The highest BCUT2D eigenvalue weighted by Gasteiger charge is 2.40. The minimum Gasteiger partial charge on any atom is -0.398 e. The molecule has 0 saturated heterocycles. The quantitative estimate of drug-likeness (QED) is 0.706. The van der Waals surface area contributed by atoms with Crippen LogP contribution in [0, 0.1) is 5.41 Å². The molecule has 0 atom stereocenters. The van der Waals surface area contributed by atoms with Gasteiger partial charge in [0.05, 0.1) is 5.69 Å². The van der Waals surface area contributed by atoms with Crippen molar-refractivity contribution in [1.82, 2.24) is 0 Å². The van der Waals surface area contributed by atoms with Crippen LogP contribution in [-0.4, -0.2) is 15.0 Å². The molecule has 0 aliphatic heterocycles. The summed E-state index contributed by atoms with van der Waals surface area (Å²) in [5.41, 5.74) is 7.14. The minimum atomic E-state index is -3.74. The topological polar surface area (TPSA) is 98.2 Å². The van der Waals surface area contributed by atoms with Gasteiger partial charge in [0.2, 0.25) is 10.0 Å². The first-order chi connectivity index (χ1) is 8.36. The number of rotatable bonds is 5. The van der Waals surface area contributed by atoms with Crippen LogP contribution in [-0.2, 0) is 10.0 Å². The number of primary sulfonamides is 1. The summed E-state index contributed by atoms with van der Waals surface area (Å²) < 4.78 is 22.4. The van der Waals surface area contributed by atoms with Crippen molar-refractivity contribution in [3.63, 3.8) is 0 Å². The fourth-order valence-electron chi connectivity index (χ4n) is 2.04. The van der Waals surface area contributed by atoms with Crippen molar-refractivity contribution in [2.45, 2.75) is 31.1 Å². The summed E-state index contributed by atoms with van der Waals surface area (Å²) in [6.45, 7) is 3.09. The molecule has 5 N–H and O–H groups in total. The van der Waals surface area contributed by atoms with Crippen molar-refractivity contribution < 1.29 is 8.42 Å². The molecule has 1 aromatic carbocycles. The van der Waals surface area contributed by atoms with E-state index in [9.17, 15) is 8.42 Å².